The summed E-state index contributed by atoms with van der Waals surface area (Å²) in [5.41, 5.74) is 11.2. The van der Waals surface area contributed by atoms with Gasteiger partial charge in [0.15, 0.2) is 5.58 Å². The van der Waals surface area contributed by atoms with Crippen molar-refractivity contribution in [1.82, 2.24) is 15.0 Å². The molecule has 2 aromatic heterocycles. The van der Waals surface area contributed by atoms with Gasteiger partial charge < -0.3 is 15.5 Å². The Morgan fingerprint density at radius 2 is 1.69 bits per heavy atom. The Morgan fingerprint density at radius 3 is 2.55 bits per heavy atom. The van der Waals surface area contributed by atoms with Crippen molar-refractivity contribution in [2.45, 2.75) is 13.0 Å². The fourth-order valence-electron chi connectivity index (χ4n) is 3.51. The summed E-state index contributed by atoms with van der Waals surface area (Å²) in [4.78, 5) is 13.1. The number of fused-ring (bicyclic) bond motifs is 2. The largest absolute Gasteiger partial charge is 0.424 e. The number of benzene rings is 3. The summed E-state index contributed by atoms with van der Waals surface area (Å²) in [7, 11) is 0. The van der Waals surface area contributed by atoms with Crippen LogP contribution in [0.4, 0.5) is 11.8 Å². The first kappa shape index (κ1) is 17.2. The molecule has 0 fully saturated rings. The highest BCUT2D eigenvalue weighted by atomic mass is 16.4. The van der Waals surface area contributed by atoms with Crippen LogP contribution in [0.15, 0.2) is 77.5 Å². The van der Waals surface area contributed by atoms with E-state index in [4.69, 9.17) is 10.2 Å². The summed E-state index contributed by atoms with van der Waals surface area (Å²) in [5.74, 6) is 0.806. The topological polar surface area (TPSA) is 89.9 Å². The van der Waals surface area contributed by atoms with Gasteiger partial charge in [0.05, 0.1) is 5.52 Å². The normalized spacial score (nSPS) is 12.3. The van der Waals surface area contributed by atoms with Crippen molar-refractivity contribution in [1.29, 1.82) is 0 Å². The highest BCUT2D eigenvalue weighted by Gasteiger charge is 2.11. The van der Waals surface area contributed by atoms with Gasteiger partial charge in [-0.2, -0.15) is 4.98 Å². The number of anilines is 2. The van der Waals surface area contributed by atoms with Crippen molar-refractivity contribution in [2.24, 2.45) is 0 Å². The first-order valence-electron chi connectivity index (χ1n) is 9.40. The summed E-state index contributed by atoms with van der Waals surface area (Å²) >= 11 is 0. The fraction of sp³-hybridized carbons (Fsp3) is 0.0870. The van der Waals surface area contributed by atoms with E-state index in [1.54, 1.807) is 6.33 Å². The van der Waals surface area contributed by atoms with Crippen molar-refractivity contribution in [3.63, 3.8) is 0 Å². The number of hydrogen-bond acceptors (Lipinski definition) is 6. The summed E-state index contributed by atoms with van der Waals surface area (Å²) in [5, 5.41) is 4.48. The smallest absolute Gasteiger partial charge is 0.292 e. The zero-order chi connectivity index (χ0) is 19.8. The zero-order valence-corrected chi connectivity index (χ0v) is 15.8. The SMILES string of the molecule is CC(Nc1ncnc2ccc(-c3ccc4oc(N)nc4c3)cc12)c1ccccc1. The van der Waals surface area contributed by atoms with Gasteiger partial charge in [0, 0.05) is 11.4 Å². The minimum atomic E-state index is 0.118. The molecule has 5 rings (SSSR count). The van der Waals surface area contributed by atoms with Gasteiger partial charge in [0.25, 0.3) is 6.01 Å². The molecule has 6 nitrogen and oxygen atoms in total. The van der Waals surface area contributed by atoms with Crippen molar-refractivity contribution in [3.05, 3.63) is 78.6 Å². The third kappa shape index (κ3) is 3.25. The number of nitrogens with one attached hydrogen (secondary N) is 1. The zero-order valence-electron chi connectivity index (χ0n) is 15.8. The standard InChI is InChI=1S/C23H19N5O/c1-14(15-5-3-2-4-6-15)27-22-18-11-16(7-9-19(18)25-13-26-22)17-8-10-21-20(12-17)28-23(24)29-21/h2-14H,1H3,(H2,24,28)(H,25,26,27). The maximum atomic E-state index is 5.67. The molecule has 0 bridgehead atoms. The lowest BCUT2D eigenvalue weighted by Gasteiger charge is -2.16. The third-order valence-electron chi connectivity index (χ3n) is 5.03. The third-order valence-corrected chi connectivity index (χ3v) is 5.03. The second-order valence-electron chi connectivity index (χ2n) is 6.97. The second kappa shape index (κ2) is 6.91. The monoisotopic (exact) mass is 381 g/mol. The Morgan fingerprint density at radius 1 is 0.897 bits per heavy atom. The molecule has 6 heteroatoms. The minimum absolute atomic E-state index is 0.118. The van der Waals surface area contributed by atoms with Crippen LogP contribution in [-0.4, -0.2) is 15.0 Å². The number of nitrogens with two attached hydrogens (primary N) is 1. The van der Waals surface area contributed by atoms with E-state index in [9.17, 15) is 0 Å². The summed E-state index contributed by atoms with van der Waals surface area (Å²) in [6, 6.07) is 22.6. The van der Waals surface area contributed by atoms with E-state index in [2.05, 4.69) is 45.4 Å². The number of aromatic nitrogens is 3. The fourth-order valence-corrected chi connectivity index (χ4v) is 3.51. The minimum Gasteiger partial charge on any atom is -0.424 e. The van der Waals surface area contributed by atoms with Gasteiger partial charge in [0.1, 0.15) is 17.7 Å². The predicted molar refractivity (Wildman–Crippen MR) is 115 cm³/mol. The first-order chi connectivity index (χ1) is 14.2. The molecular formula is C23H19N5O. The lowest BCUT2D eigenvalue weighted by atomic mass is 10.0. The van der Waals surface area contributed by atoms with Crippen LogP contribution in [0.2, 0.25) is 0 Å². The average molecular weight is 381 g/mol. The van der Waals surface area contributed by atoms with E-state index >= 15 is 0 Å². The van der Waals surface area contributed by atoms with Crippen LogP contribution in [0.5, 0.6) is 0 Å². The Bertz CT molecular complexity index is 1310. The number of nitrogens with zero attached hydrogens (tertiary/aromatic N) is 3. The number of rotatable bonds is 4. The van der Waals surface area contributed by atoms with E-state index in [1.807, 2.05) is 48.5 Å². The second-order valence-corrected chi connectivity index (χ2v) is 6.97. The van der Waals surface area contributed by atoms with Crippen molar-refractivity contribution >= 4 is 33.8 Å². The van der Waals surface area contributed by atoms with Crippen LogP contribution >= 0.6 is 0 Å². The number of oxazole rings is 1. The van der Waals surface area contributed by atoms with Crippen LogP contribution in [0, 0.1) is 0 Å². The highest BCUT2D eigenvalue weighted by molar-refractivity contribution is 5.93. The summed E-state index contributed by atoms with van der Waals surface area (Å²) in [6.45, 7) is 2.12. The molecule has 0 aliphatic rings. The molecule has 2 heterocycles. The maximum absolute atomic E-state index is 5.67. The van der Waals surface area contributed by atoms with Gasteiger partial charge in [-0.3, -0.25) is 0 Å². The van der Waals surface area contributed by atoms with Gasteiger partial charge in [0.2, 0.25) is 0 Å². The Labute approximate surface area is 167 Å². The molecule has 3 N–H and O–H groups in total. The molecule has 0 amide bonds. The van der Waals surface area contributed by atoms with Crippen molar-refractivity contribution < 1.29 is 4.42 Å². The molecule has 0 saturated heterocycles. The van der Waals surface area contributed by atoms with Gasteiger partial charge in [-0.1, -0.05) is 42.5 Å². The molecule has 142 valence electrons. The van der Waals surface area contributed by atoms with Crippen molar-refractivity contribution in [2.75, 3.05) is 11.1 Å². The molecule has 1 atom stereocenters. The lowest BCUT2D eigenvalue weighted by molar-refractivity contribution is 0.626. The average Bonchev–Trinajstić information content (AvgIpc) is 3.13. The Hall–Kier alpha value is -3.93. The molecule has 29 heavy (non-hydrogen) atoms. The van der Waals surface area contributed by atoms with Gasteiger partial charge in [-0.15, -0.1) is 0 Å². The maximum Gasteiger partial charge on any atom is 0.292 e. The van der Waals surface area contributed by atoms with Gasteiger partial charge >= 0.3 is 0 Å². The van der Waals surface area contributed by atoms with Crippen LogP contribution in [0.3, 0.4) is 0 Å². The number of nitrogen functional groups attached to an aromatic ring is 1. The lowest BCUT2D eigenvalue weighted by Crippen LogP contribution is -2.08. The van der Waals surface area contributed by atoms with E-state index in [0.717, 1.165) is 33.4 Å². The van der Waals surface area contributed by atoms with E-state index in [0.29, 0.717) is 5.58 Å². The highest BCUT2D eigenvalue weighted by Crippen LogP contribution is 2.30. The molecule has 3 aromatic carbocycles. The predicted octanol–water partition coefficient (Wildman–Crippen LogP) is 5.19. The quantitative estimate of drug-likeness (QED) is 0.445. The Balaban J connectivity index is 1.55. The molecule has 1 unspecified atom stereocenters. The number of hydrogen-bond donors (Lipinski definition) is 2. The molecule has 0 radical (unpaired) electrons. The first-order valence-corrected chi connectivity index (χ1v) is 9.40. The molecule has 0 spiro atoms. The van der Waals surface area contributed by atoms with Gasteiger partial charge in [-0.25, -0.2) is 9.97 Å². The molecule has 0 saturated carbocycles. The van der Waals surface area contributed by atoms with Crippen LogP contribution < -0.4 is 11.1 Å². The summed E-state index contributed by atoms with van der Waals surface area (Å²) in [6.07, 6.45) is 1.59. The van der Waals surface area contributed by atoms with E-state index < -0.39 is 0 Å². The van der Waals surface area contributed by atoms with Crippen LogP contribution in [0.1, 0.15) is 18.5 Å². The van der Waals surface area contributed by atoms with Gasteiger partial charge in [-0.05, 0) is 47.9 Å². The molecule has 5 aromatic rings. The Kier molecular flexibility index (Phi) is 4.09. The van der Waals surface area contributed by atoms with Crippen LogP contribution in [-0.2, 0) is 0 Å². The van der Waals surface area contributed by atoms with E-state index in [1.165, 1.54) is 5.56 Å². The molecule has 0 aliphatic heterocycles. The van der Waals surface area contributed by atoms with Crippen molar-refractivity contribution in [3.8, 4) is 11.1 Å². The van der Waals surface area contributed by atoms with Crippen LogP contribution in [0.25, 0.3) is 33.1 Å². The molecular weight excluding hydrogens is 362 g/mol. The molecule has 0 aliphatic carbocycles. The van der Waals surface area contributed by atoms with E-state index in [-0.39, 0.29) is 12.1 Å². The summed E-state index contributed by atoms with van der Waals surface area (Å²) < 4.78 is 5.37.